The molecule has 0 spiro atoms. The van der Waals surface area contributed by atoms with Gasteiger partial charge in [-0.1, -0.05) is 18.1 Å². The minimum absolute atomic E-state index is 0.117. The lowest BCUT2D eigenvalue weighted by molar-refractivity contribution is 0.0781. The number of nitrogens with one attached hydrogen (secondary N) is 1. The Bertz CT molecular complexity index is 488. The summed E-state index contributed by atoms with van der Waals surface area (Å²) in [6.07, 6.45) is 3.89. The second-order valence-corrected chi connectivity index (χ2v) is 5.85. The minimum Gasteiger partial charge on any atom is -0.338 e. The molecule has 102 valence electrons. The first-order valence-electron chi connectivity index (χ1n) is 7.05. The molecule has 4 heteroatoms. The van der Waals surface area contributed by atoms with Crippen molar-refractivity contribution in [3.8, 4) is 0 Å². The van der Waals surface area contributed by atoms with Gasteiger partial charge in [-0.2, -0.15) is 0 Å². The van der Waals surface area contributed by atoms with Crippen LogP contribution in [0.15, 0.2) is 18.2 Å². The first kappa shape index (κ1) is 12.5. The minimum atomic E-state index is 0.117. The summed E-state index contributed by atoms with van der Waals surface area (Å²) in [4.78, 5) is 14.6. The molecule has 2 unspecified atom stereocenters. The van der Waals surface area contributed by atoms with Gasteiger partial charge in [0.1, 0.15) is 0 Å². The normalized spacial score (nSPS) is 25.5. The standard InChI is InChI=1S/C15H21N3O/c1-10-5-6-14(17-16)13(7-10)15(19)18-8-11-3-2-4-12(11)9-18/h5-7,11-12,17H,2-4,8-9,16H2,1H3. The smallest absolute Gasteiger partial charge is 0.256 e. The van der Waals surface area contributed by atoms with Crippen molar-refractivity contribution < 1.29 is 4.79 Å². The molecule has 1 aliphatic heterocycles. The van der Waals surface area contributed by atoms with E-state index in [1.54, 1.807) is 0 Å². The Labute approximate surface area is 113 Å². The Morgan fingerprint density at radius 3 is 2.63 bits per heavy atom. The number of carbonyl (C=O) groups excluding carboxylic acids is 1. The predicted octanol–water partition coefficient (Wildman–Crippen LogP) is 2.15. The summed E-state index contributed by atoms with van der Waals surface area (Å²) in [6, 6.07) is 5.76. The lowest BCUT2D eigenvalue weighted by Gasteiger charge is -2.19. The topological polar surface area (TPSA) is 58.4 Å². The van der Waals surface area contributed by atoms with E-state index >= 15 is 0 Å². The first-order valence-corrected chi connectivity index (χ1v) is 7.05. The second kappa shape index (κ2) is 4.85. The number of rotatable bonds is 2. The molecule has 2 atom stereocenters. The number of hydrogen-bond donors (Lipinski definition) is 2. The van der Waals surface area contributed by atoms with Gasteiger partial charge in [-0.3, -0.25) is 10.6 Å². The van der Waals surface area contributed by atoms with Crippen LogP contribution in [0.3, 0.4) is 0 Å². The zero-order valence-corrected chi connectivity index (χ0v) is 11.4. The maximum Gasteiger partial charge on any atom is 0.256 e. The molecule has 1 saturated carbocycles. The molecule has 0 aromatic heterocycles. The van der Waals surface area contributed by atoms with Crippen molar-refractivity contribution in [1.29, 1.82) is 0 Å². The fourth-order valence-electron chi connectivity index (χ4n) is 3.53. The summed E-state index contributed by atoms with van der Waals surface area (Å²) in [5.41, 5.74) is 5.13. The number of aryl methyl sites for hydroxylation is 1. The van der Waals surface area contributed by atoms with Crippen LogP contribution in [0.4, 0.5) is 5.69 Å². The molecule has 3 N–H and O–H groups in total. The fraction of sp³-hybridized carbons (Fsp3) is 0.533. The van der Waals surface area contributed by atoms with Crippen molar-refractivity contribution >= 4 is 11.6 Å². The van der Waals surface area contributed by atoms with Gasteiger partial charge in [-0.25, -0.2) is 0 Å². The van der Waals surface area contributed by atoms with Crippen LogP contribution in [-0.2, 0) is 0 Å². The Hall–Kier alpha value is -1.55. The number of benzene rings is 1. The van der Waals surface area contributed by atoms with E-state index in [-0.39, 0.29) is 5.91 Å². The molecule has 4 nitrogen and oxygen atoms in total. The van der Waals surface area contributed by atoms with Crippen LogP contribution in [0, 0.1) is 18.8 Å². The Morgan fingerprint density at radius 2 is 2.00 bits per heavy atom. The number of nitrogens with two attached hydrogens (primary N) is 1. The summed E-state index contributed by atoms with van der Waals surface area (Å²) in [5, 5.41) is 0. The van der Waals surface area contributed by atoms with Crippen molar-refractivity contribution in [2.24, 2.45) is 17.7 Å². The van der Waals surface area contributed by atoms with Gasteiger partial charge in [0.2, 0.25) is 0 Å². The quantitative estimate of drug-likeness (QED) is 0.632. The zero-order chi connectivity index (χ0) is 13.4. The van der Waals surface area contributed by atoms with E-state index in [0.29, 0.717) is 11.3 Å². The van der Waals surface area contributed by atoms with Crippen molar-refractivity contribution in [1.82, 2.24) is 4.90 Å². The number of nitrogen functional groups attached to an aromatic ring is 1. The molecule has 1 saturated heterocycles. The van der Waals surface area contributed by atoms with E-state index < -0.39 is 0 Å². The molecule has 3 rings (SSSR count). The largest absolute Gasteiger partial charge is 0.338 e. The average molecular weight is 259 g/mol. The number of hydrazine groups is 1. The van der Waals surface area contributed by atoms with Gasteiger partial charge < -0.3 is 10.3 Å². The van der Waals surface area contributed by atoms with Crippen LogP contribution < -0.4 is 11.3 Å². The summed E-state index contributed by atoms with van der Waals surface area (Å²) >= 11 is 0. The van der Waals surface area contributed by atoms with Crippen LogP contribution in [0.1, 0.15) is 35.2 Å². The Balaban J connectivity index is 1.82. The van der Waals surface area contributed by atoms with Crippen LogP contribution in [0.2, 0.25) is 0 Å². The highest BCUT2D eigenvalue weighted by Gasteiger charge is 2.38. The average Bonchev–Trinajstić information content (AvgIpc) is 2.98. The maximum atomic E-state index is 12.6. The summed E-state index contributed by atoms with van der Waals surface area (Å²) in [6.45, 7) is 3.83. The van der Waals surface area contributed by atoms with Crippen molar-refractivity contribution in [2.45, 2.75) is 26.2 Å². The summed E-state index contributed by atoms with van der Waals surface area (Å²) < 4.78 is 0. The molecular formula is C15H21N3O. The third-order valence-corrected chi connectivity index (χ3v) is 4.57. The zero-order valence-electron chi connectivity index (χ0n) is 11.4. The van der Waals surface area contributed by atoms with Gasteiger partial charge in [0.15, 0.2) is 0 Å². The third-order valence-electron chi connectivity index (χ3n) is 4.57. The van der Waals surface area contributed by atoms with Gasteiger partial charge in [0.05, 0.1) is 11.3 Å². The molecule has 19 heavy (non-hydrogen) atoms. The van der Waals surface area contributed by atoms with Crippen molar-refractivity contribution in [3.63, 3.8) is 0 Å². The van der Waals surface area contributed by atoms with Crippen LogP contribution in [-0.4, -0.2) is 23.9 Å². The molecule has 0 bridgehead atoms. The third kappa shape index (κ3) is 2.21. The molecule has 1 aliphatic carbocycles. The highest BCUT2D eigenvalue weighted by molar-refractivity contribution is 6.00. The van der Waals surface area contributed by atoms with Gasteiger partial charge in [0.25, 0.3) is 5.91 Å². The summed E-state index contributed by atoms with van der Waals surface area (Å²) in [7, 11) is 0. The van der Waals surface area contributed by atoms with E-state index in [1.807, 2.05) is 30.0 Å². The van der Waals surface area contributed by atoms with Crippen molar-refractivity contribution in [3.05, 3.63) is 29.3 Å². The molecule has 1 aromatic rings. The predicted molar refractivity (Wildman–Crippen MR) is 75.7 cm³/mol. The summed E-state index contributed by atoms with van der Waals surface area (Å²) in [5.74, 6) is 7.08. The molecular weight excluding hydrogens is 238 g/mol. The number of carbonyl (C=O) groups is 1. The first-order chi connectivity index (χ1) is 9.19. The number of fused-ring (bicyclic) bond motifs is 1. The fourth-order valence-corrected chi connectivity index (χ4v) is 3.53. The highest BCUT2D eigenvalue weighted by atomic mass is 16.2. The molecule has 1 aromatic carbocycles. The number of nitrogens with zero attached hydrogens (tertiary/aromatic N) is 1. The van der Waals surface area contributed by atoms with E-state index in [4.69, 9.17) is 5.84 Å². The maximum absolute atomic E-state index is 12.6. The monoisotopic (exact) mass is 259 g/mol. The number of likely N-dealkylation sites (tertiary alicyclic amines) is 1. The SMILES string of the molecule is Cc1ccc(NN)c(C(=O)N2CC3CCCC3C2)c1. The van der Waals surface area contributed by atoms with E-state index in [9.17, 15) is 4.79 Å². The molecule has 2 fully saturated rings. The van der Waals surface area contributed by atoms with Gasteiger partial charge in [0, 0.05) is 13.1 Å². The molecule has 1 heterocycles. The van der Waals surface area contributed by atoms with E-state index in [1.165, 1.54) is 19.3 Å². The van der Waals surface area contributed by atoms with Crippen LogP contribution in [0.5, 0.6) is 0 Å². The number of anilines is 1. The highest BCUT2D eigenvalue weighted by Crippen LogP contribution is 2.38. The van der Waals surface area contributed by atoms with Crippen LogP contribution >= 0.6 is 0 Å². The van der Waals surface area contributed by atoms with Gasteiger partial charge in [-0.15, -0.1) is 0 Å². The van der Waals surface area contributed by atoms with Gasteiger partial charge >= 0.3 is 0 Å². The lowest BCUT2D eigenvalue weighted by Crippen LogP contribution is -2.30. The van der Waals surface area contributed by atoms with E-state index in [0.717, 1.165) is 30.5 Å². The van der Waals surface area contributed by atoms with Crippen molar-refractivity contribution in [2.75, 3.05) is 18.5 Å². The molecule has 0 radical (unpaired) electrons. The number of amides is 1. The van der Waals surface area contributed by atoms with Gasteiger partial charge in [-0.05, 0) is 43.7 Å². The van der Waals surface area contributed by atoms with E-state index in [2.05, 4.69) is 5.43 Å². The van der Waals surface area contributed by atoms with Crippen LogP contribution in [0.25, 0.3) is 0 Å². The molecule has 2 aliphatic rings. The molecule has 1 amide bonds. The second-order valence-electron chi connectivity index (χ2n) is 5.85. The Kier molecular flexibility index (Phi) is 3.19. The number of hydrogen-bond acceptors (Lipinski definition) is 3. The lowest BCUT2D eigenvalue weighted by atomic mass is 10.0. The Morgan fingerprint density at radius 1 is 1.32 bits per heavy atom.